The summed E-state index contributed by atoms with van der Waals surface area (Å²) >= 11 is 0. The Labute approximate surface area is 91.8 Å². The van der Waals surface area contributed by atoms with E-state index in [9.17, 15) is 0 Å². The Balaban J connectivity index is 2.42. The number of hydrogen-bond donors (Lipinski definition) is 1. The standard InChI is InChI=1S/C12H20N2O/c1-14(9-3-8-13)10-11-4-6-12(15-2)7-5-11/h4-7H,3,8-10,13H2,1-2H3. The van der Waals surface area contributed by atoms with Crippen LogP contribution >= 0.6 is 0 Å². The van der Waals surface area contributed by atoms with Gasteiger partial charge in [-0.05, 0) is 44.3 Å². The molecule has 0 atom stereocenters. The summed E-state index contributed by atoms with van der Waals surface area (Å²) in [6.45, 7) is 2.76. The van der Waals surface area contributed by atoms with Gasteiger partial charge in [0.15, 0.2) is 0 Å². The second kappa shape index (κ2) is 6.43. The van der Waals surface area contributed by atoms with Crippen LogP contribution in [0.25, 0.3) is 0 Å². The molecule has 1 aromatic rings. The summed E-state index contributed by atoms with van der Waals surface area (Å²) in [5.41, 5.74) is 6.77. The minimum absolute atomic E-state index is 0.757. The molecule has 0 unspecified atom stereocenters. The van der Waals surface area contributed by atoms with Crippen molar-refractivity contribution in [3.05, 3.63) is 29.8 Å². The third kappa shape index (κ3) is 4.32. The zero-order chi connectivity index (χ0) is 11.1. The highest BCUT2D eigenvalue weighted by molar-refractivity contribution is 5.26. The van der Waals surface area contributed by atoms with Gasteiger partial charge in [-0.2, -0.15) is 0 Å². The summed E-state index contributed by atoms with van der Waals surface area (Å²) < 4.78 is 5.11. The number of rotatable bonds is 6. The van der Waals surface area contributed by atoms with Gasteiger partial charge >= 0.3 is 0 Å². The minimum Gasteiger partial charge on any atom is -0.497 e. The van der Waals surface area contributed by atoms with Crippen LogP contribution in [-0.2, 0) is 6.54 Å². The number of hydrogen-bond acceptors (Lipinski definition) is 3. The molecule has 0 heterocycles. The molecule has 0 bridgehead atoms. The first kappa shape index (κ1) is 12.0. The van der Waals surface area contributed by atoms with E-state index in [1.165, 1.54) is 5.56 Å². The van der Waals surface area contributed by atoms with Gasteiger partial charge in [-0.15, -0.1) is 0 Å². The Morgan fingerprint density at radius 2 is 1.93 bits per heavy atom. The Hall–Kier alpha value is -1.06. The highest BCUT2D eigenvalue weighted by Gasteiger charge is 1.99. The van der Waals surface area contributed by atoms with Gasteiger partial charge in [0.1, 0.15) is 5.75 Å². The number of benzene rings is 1. The fourth-order valence-electron chi connectivity index (χ4n) is 1.48. The Kier molecular flexibility index (Phi) is 5.15. The van der Waals surface area contributed by atoms with Crippen molar-refractivity contribution in [2.75, 3.05) is 27.2 Å². The van der Waals surface area contributed by atoms with Gasteiger partial charge in [0.05, 0.1) is 7.11 Å². The van der Waals surface area contributed by atoms with Gasteiger partial charge in [-0.1, -0.05) is 12.1 Å². The van der Waals surface area contributed by atoms with E-state index in [-0.39, 0.29) is 0 Å². The van der Waals surface area contributed by atoms with Crippen LogP contribution in [0.2, 0.25) is 0 Å². The maximum Gasteiger partial charge on any atom is 0.118 e. The molecule has 0 saturated heterocycles. The van der Waals surface area contributed by atoms with Crippen molar-refractivity contribution in [2.24, 2.45) is 5.73 Å². The summed E-state index contributed by atoms with van der Waals surface area (Å²) in [4.78, 5) is 2.27. The highest BCUT2D eigenvalue weighted by atomic mass is 16.5. The Bertz CT molecular complexity index is 271. The van der Waals surface area contributed by atoms with Gasteiger partial charge in [-0.25, -0.2) is 0 Å². The second-order valence-electron chi connectivity index (χ2n) is 3.73. The van der Waals surface area contributed by atoms with Crippen LogP contribution in [0.5, 0.6) is 5.75 Å². The van der Waals surface area contributed by atoms with Crippen molar-refractivity contribution in [3.8, 4) is 5.75 Å². The highest BCUT2D eigenvalue weighted by Crippen LogP contribution is 2.12. The average molecular weight is 208 g/mol. The van der Waals surface area contributed by atoms with E-state index in [1.807, 2.05) is 12.1 Å². The monoisotopic (exact) mass is 208 g/mol. The molecule has 1 aromatic carbocycles. The van der Waals surface area contributed by atoms with E-state index in [0.717, 1.165) is 31.8 Å². The maximum atomic E-state index is 5.46. The van der Waals surface area contributed by atoms with Crippen LogP contribution in [0.15, 0.2) is 24.3 Å². The summed E-state index contributed by atoms with van der Waals surface area (Å²) in [7, 11) is 3.79. The smallest absolute Gasteiger partial charge is 0.118 e. The molecule has 0 saturated carbocycles. The predicted octanol–water partition coefficient (Wildman–Crippen LogP) is 1.48. The number of nitrogens with two attached hydrogens (primary N) is 1. The second-order valence-corrected chi connectivity index (χ2v) is 3.73. The fourth-order valence-corrected chi connectivity index (χ4v) is 1.48. The van der Waals surface area contributed by atoms with Gasteiger partial charge in [0, 0.05) is 6.54 Å². The maximum absolute atomic E-state index is 5.46. The average Bonchev–Trinajstić information content (AvgIpc) is 2.27. The lowest BCUT2D eigenvalue weighted by Gasteiger charge is -2.16. The normalized spacial score (nSPS) is 10.7. The first-order chi connectivity index (χ1) is 7.26. The molecule has 2 N–H and O–H groups in total. The topological polar surface area (TPSA) is 38.5 Å². The summed E-state index contributed by atoms with van der Waals surface area (Å²) in [6.07, 6.45) is 1.05. The molecule has 0 spiro atoms. The lowest BCUT2D eigenvalue weighted by atomic mass is 10.2. The van der Waals surface area contributed by atoms with Crippen molar-refractivity contribution in [3.63, 3.8) is 0 Å². The molecule has 0 fully saturated rings. The molecule has 0 radical (unpaired) electrons. The first-order valence-electron chi connectivity index (χ1n) is 5.28. The van der Waals surface area contributed by atoms with Gasteiger partial charge in [0.25, 0.3) is 0 Å². The summed E-state index contributed by atoms with van der Waals surface area (Å²) in [5.74, 6) is 0.906. The van der Waals surface area contributed by atoms with Crippen LogP contribution in [0.1, 0.15) is 12.0 Å². The third-order valence-electron chi connectivity index (χ3n) is 2.36. The molecule has 1 rings (SSSR count). The van der Waals surface area contributed by atoms with E-state index >= 15 is 0 Å². The SMILES string of the molecule is COc1ccc(CN(C)CCCN)cc1. The van der Waals surface area contributed by atoms with Crippen molar-refractivity contribution >= 4 is 0 Å². The Morgan fingerprint density at radius 1 is 1.27 bits per heavy atom. The molecule has 15 heavy (non-hydrogen) atoms. The van der Waals surface area contributed by atoms with Crippen molar-refractivity contribution in [1.82, 2.24) is 4.90 Å². The van der Waals surface area contributed by atoms with Crippen molar-refractivity contribution < 1.29 is 4.74 Å². The van der Waals surface area contributed by atoms with E-state index in [2.05, 4.69) is 24.1 Å². The van der Waals surface area contributed by atoms with Gasteiger partial charge in [0.2, 0.25) is 0 Å². The van der Waals surface area contributed by atoms with Crippen LogP contribution in [0, 0.1) is 0 Å². The largest absolute Gasteiger partial charge is 0.497 e. The molecule has 84 valence electrons. The molecule has 0 amide bonds. The zero-order valence-corrected chi connectivity index (χ0v) is 9.57. The third-order valence-corrected chi connectivity index (χ3v) is 2.36. The molecular weight excluding hydrogens is 188 g/mol. The summed E-state index contributed by atoms with van der Waals surface area (Å²) in [6, 6.07) is 8.17. The van der Waals surface area contributed by atoms with Crippen LogP contribution in [0.4, 0.5) is 0 Å². The van der Waals surface area contributed by atoms with Crippen molar-refractivity contribution in [1.29, 1.82) is 0 Å². The molecule has 0 aromatic heterocycles. The first-order valence-corrected chi connectivity index (χ1v) is 5.28. The number of ether oxygens (including phenoxy) is 1. The fraction of sp³-hybridized carbons (Fsp3) is 0.500. The molecule has 0 aliphatic rings. The quantitative estimate of drug-likeness (QED) is 0.769. The van der Waals surface area contributed by atoms with Crippen LogP contribution < -0.4 is 10.5 Å². The lowest BCUT2D eigenvalue weighted by molar-refractivity contribution is 0.324. The van der Waals surface area contributed by atoms with Crippen LogP contribution in [0.3, 0.4) is 0 Å². The Morgan fingerprint density at radius 3 is 2.47 bits per heavy atom. The molecule has 3 nitrogen and oxygen atoms in total. The molecular formula is C12H20N2O. The predicted molar refractivity (Wildman–Crippen MR) is 63.0 cm³/mol. The lowest BCUT2D eigenvalue weighted by Crippen LogP contribution is -2.21. The molecule has 3 heteroatoms. The molecule has 0 aliphatic heterocycles. The minimum atomic E-state index is 0.757. The van der Waals surface area contributed by atoms with Crippen LogP contribution in [-0.4, -0.2) is 32.1 Å². The van der Waals surface area contributed by atoms with E-state index < -0.39 is 0 Å². The summed E-state index contributed by atoms with van der Waals surface area (Å²) in [5, 5.41) is 0. The number of methoxy groups -OCH3 is 1. The molecule has 0 aliphatic carbocycles. The van der Waals surface area contributed by atoms with Gasteiger partial charge < -0.3 is 15.4 Å². The van der Waals surface area contributed by atoms with E-state index in [0.29, 0.717) is 0 Å². The number of nitrogens with zero attached hydrogens (tertiary/aromatic N) is 1. The van der Waals surface area contributed by atoms with Crippen molar-refractivity contribution in [2.45, 2.75) is 13.0 Å². The zero-order valence-electron chi connectivity index (χ0n) is 9.57. The van der Waals surface area contributed by atoms with E-state index in [1.54, 1.807) is 7.11 Å². The van der Waals surface area contributed by atoms with E-state index in [4.69, 9.17) is 10.5 Å². The van der Waals surface area contributed by atoms with Gasteiger partial charge in [-0.3, -0.25) is 0 Å².